The minimum atomic E-state index is -4.59. The fourth-order valence-corrected chi connectivity index (χ4v) is 11.6. The van der Waals surface area contributed by atoms with Crippen LogP contribution in [0.15, 0.2) is 172 Å². The van der Waals surface area contributed by atoms with Gasteiger partial charge in [0.25, 0.3) is 0 Å². The number of ether oxygens (including phenoxy) is 6. The standard InChI is InChI=1S/C26H24F3N5O4.C26H24N6O4.C26H27N5O4/c1-5-19(35)8-15-6-7-17(26(27,28)29)9-22(15)31-24-30-13-16-14-34(25(36)33(2)23(16)32-24)18-10-20(37-3)12-21(11-18)38-4;1-4-20(33)11-17-7-5-6-8-23(17)29-25-28-15-18-16-32(26(34)31(10-9-27)24(18)30-25)19-12-21(35-2)14-22(13-19)36-3;1-6-20(32)10-17-8-7-16(2)9-23(17)28-25-27-14-18-15-31(26(33)30(3)24(18)29-25)19-11-21(34-4)13-22(12-19)35-5/h5-7,9-13H,1,8,14H2,2-4H3,(H,30,31,32);4-8,12-15H,1,10-11,16H2,2-3H3,(H,28,29,30);6-9,11-14H,1,10,15H2,2-5H3,(H,27,28,29). The zero-order valence-electron chi connectivity index (χ0n) is 60.9. The van der Waals surface area contributed by atoms with Crippen molar-refractivity contribution in [3.63, 3.8) is 0 Å². The summed E-state index contributed by atoms with van der Waals surface area (Å²) in [5.41, 5.74) is 7.18. The molecule has 31 heteroatoms. The predicted octanol–water partition coefficient (Wildman–Crippen LogP) is 13.6. The van der Waals surface area contributed by atoms with Gasteiger partial charge in [0.15, 0.2) is 17.3 Å². The number of nitrogens with zero attached hydrogens (tertiary/aromatic N) is 13. The normalized spacial score (nSPS) is 12.8. The van der Waals surface area contributed by atoms with Crippen LogP contribution in [0.1, 0.15) is 44.5 Å². The fraction of sp³-hybridized carbons (Fsp3) is 0.218. The number of methoxy groups -OCH3 is 6. The van der Waals surface area contributed by atoms with Crippen LogP contribution in [0.3, 0.4) is 0 Å². The lowest BCUT2D eigenvalue weighted by molar-refractivity contribution is -0.137. The van der Waals surface area contributed by atoms with Crippen molar-refractivity contribution in [2.45, 2.75) is 52.0 Å². The van der Waals surface area contributed by atoms with Gasteiger partial charge in [-0.1, -0.05) is 56.1 Å². The monoisotopic (exact) mass is 1480 g/mol. The first-order valence-corrected chi connectivity index (χ1v) is 33.3. The van der Waals surface area contributed by atoms with Crippen molar-refractivity contribution in [3.8, 4) is 40.6 Å². The summed E-state index contributed by atoms with van der Waals surface area (Å²) >= 11 is 0. The molecule has 6 aromatic carbocycles. The number of rotatable bonds is 25. The molecule has 0 saturated heterocycles. The van der Waals surface area contributed by atoms with Crippen molar-refractivity contribution >= 4 is 105 Å². The highest BCUT2D eigenvalue weighted by atomic mass is 19.4. The van der Waals surface area contributed by atoms with E-state index in [1.54, 1.807) is 93.2 Å². The lowest BCUT2D eigenvalue weighted by Gasteiger charge is -2.35. The topological polar surface area (TPSA) is 314 Å². The second-order valence-electron chi connectivity index (χ2n) is 24.4. The van der Waals surface area contributed by atoms with E-state index in [2.05, 4.69) is 65.6 Å². The molecule has 0 fully saturated rings. The molecule has 3 aliphatic rings. The third-order valence-corrected chi connectivity index (χ3v) is 17.3. The van der Waals surface area contributed by atoms with Gasteiger partial charge < -0.3 is 44.4 Å². The number of carbonyl (C=O) groups excluding carboxylic acids is 6. The van der Waals surface area contributed by atoms with Crippen LogP contribution in [0.4, 0.5) is 97.0 Å². The number of hydrogen-bond donors (Lipinski definition) is 3. The van der Waals surface area contributed by atoms with Crippen molar-refractivity contribution in [2.75, 3.05) is 109 Å². The van der Waals surface area contributed by atoms with E-state index in [9.17, 15) is 47.2 Å². The molecular formula is C78H75F3N16O12. The number of carbonyl (C=O) groups is 6. The number of urea groups is 3. The van der Waals surface area contributed by atoms with Gasteiger partial charge in [0, 0.05) is 140 Å². The summed E-state index contributed by atoms with van der Waals surface area (Å²) in [6, 6.07) is 32.6. The highest BCUT2D eigenvalue weighted by molar-refractivity contribution is 6.08. The molecule has 6 amide bonds. The Labute approximate surface area is 625 Å². The number of aromatic nitrogens is 6. The number of alkyl halides is 3. The molecule has 28 nitrogen and oxygen atoms in total. The molecule has 3 aromatic heterocycles. The average molecular weight is 1490 g/mol. The SMILES string of the molecule is C=CC(=O)Cc1ccc(C(F)(F)F)cc1Nc1ncc2c(n1)N(C)C(=O)N(c1cc(OC)cc(OC)c1)C2.C=CC(=O)Cc1ccc(C)cc1Nc1ncc2c(n1)N(C)C(=O)N(c1cc(OC)cc(OC)c1)C2.C=CC(=O)Cc1ccccc1Nc1ncc2c(n1)N(CC#N)C(=O)N(c1cc(OC)cc(OC)c1)C2. The molecule has 109 heavy (non-hydrogen) atoms. The number of ketones is 3. The van der Waals surface area contributed by atoms with Crippen LogP contribution in [0, 0.1) is 18.3 Å². The number of nitriles is 1. The van der Waals surface area contributed by atoms with Crippen molar-refractivity contribution in [2.24, 2.45) is 0 Å². The molecule has 0 bridgehead atoms. The molecule has 6 heterocycles. The molecule has 0 radical (unpaired) electrons. The van der Waals surface area contributed by atoms with E-state index >= 15 is 0 Å². The first-order chi connectivity index (χ1) is 52.3. The quantitative estimate of drug-likeness (QED) is 0.0353. The Morgan fingerprint density at radius 3 is 1.22 bits per heavy atom. The van der Waals surface area contributed by atoms with E-state index < -0.39 is 23.8 Å². The zero-order valence-corrected chi connectivity index (χ0v) is 60.9. The molecular weight excluding hydrogens is 1410 g/mol. The van der Waals surface area contributed by atoms with Crippen molar-refractivity contribution in [3.05, 3.63) is 216 Å². The number of nitrogens with one attached hydrogen (secondary N) is 3. The molecule has 0 unspecified atom stereocenters. The van der Waals surface area contributed by atoms with E-state index in [-0.39, 0.29) is 85.7 Å². The Morgan fingerprint density at radius 2 is 0.835 bits per heavy atom. The van der Waals surface area contributed by atoms with Crippen LogP contribution in [0.2, 0.25) is 0 Å². The number of fused-ring (bicyclic) bond motifs is 3. The Morgan fingerprint density at radius 1 is 0.486 bits per heavy atom. The number of amides is 6. The summed E-state index contributed by atoms with van der Waals surface area (Å²) in [5, 5.41) is 18.5. The van der Waals surface area contributed by atoms with E-state index in [1.165, 1.54) is 84.4 Å². The average Bonchev–Trinajstić information content (AvgIpc) is 0.778. The first kappa shape index (κ1) is 77.7. The van der Waals surface area contributed by atoms with Crippen molar-refractivity contribution in [1.29, 1.82) is 5.26 Å². The molecule has 560 valence electrons. The molecule has 3 N–H and O–H groups in total. The summed E-state index contributed by atoms with van der Waals surface area (Å²) in [5.74, 6) is 4.33. The number of halogens is 3. The Balaban J connectivity index is 0.000000174. The number of benzene rings is 6. The summed E-state index contributed by atoms with van der Waals surface area (Å²) in [4.78, 5) is 111. The number of allylic oxidation sites excluding steroid dienone is 3. The summed E-state index contributed by atoms with van der Waals surface area (Å²) in [7, 11) is 12.4. The molecule has 0 aliphatic carbocycles. The van der Waals surface area contributed by atoms with Crippen LogP contribution in [-0.2, 0) is 59.5 Å². The van der Waals surface area contributed by atoms with Gasteiger partial charge in [-0.25, -0.2) is 29.3 Å². The Bertz CT molecular complexity index is 5010. The van der Waals surface area contributed by atoms with Crippen molar-refractivity contribution < 1.29 is 70.4 Å². The predicted molar refractivity (Wildman–Crippen MR) is 405 cm³/mol. The largest absolute Gasteiger partial charge is 0.497 e. The van der Waals surface area contributed by atoms with E-state index in [0.717, 1.165) is 46.1 Å². The summed E-state index contributed by atoms with van der Waals surface area (Å²) in [6.45, 7) is 12.9. The van der Waals surface area contributed by atoms with Crippen LogP contribution >= 0.6 is 0 Å². The number of para-hydroxylation sites is 1. The maximum atomic E-state index is 13.4. The highest BCUT2D eigenvalue weighted by Gasteiger charge is 2.37. The maximum Gasteiger partial charge on any atom is 0.416 e. The molecule has 0 saturated carbocycles. The van der Waals surface area contributed by atoms with E-state index in [0.29, 0.717) is 98.1 Å². The molecule has 0 spiro atoms. The van der Waals surface area contributed by atoms with Gasteiger partial charge in [-0.3, -0.25) is 43.8 Å². The van der Waals surface area contributed by atoms with Crippen molar-refractivity contribution in [1.82, 2.24) is 29.9 Å². The smallest absolute Gasteiger partial charge is 0.416 e. The van der Waals surface area contributed by atoms with Gasteiger partial charge in [-0.15, -0.1) is 0 Å². The number of anilines is 12. The third kappa shape index (κ3) is 18.2. The van der Waals surface area contributed by atoms with Crippen LogP contribution in [0.5, 0.6) is 34.5 Å². The maximum absolute atomic E-state index is 13.4. The first-order valence-electron chi connectivity index (χ1n) is 33.3. The lowest BCUT2D eigenvalue weighted by atomic mass is 10.0. The number of aryl methyl sites for hydroxylation is 1. The Hall–Kier alpha value is -13.9. The van der Waals surface area contributed by atoms with Crippen LogP contribution < -0.4 is 73.8 Å². The number of hydrogen-bond acceptors (Lipinski definition) is 22. The highest BCUT2D eigenvalue weighted by Crippen LogP contribution is 2.40. The molecule has 9 aromatic rings. The zero-order chi connectivity index (χ0) is 78.4. The van der Waals surface area contributed by atoms with Gasteiger partial charge in [0.2, 0.25) is 17.8 Å². The fourth-order valence-electron chi connectivity index (χ4n) is 11.6. The molecule has 3 aliphatic heterocycles. The molecule has 12 rings (SSSR count). The van der Waals surface area contributed by atoms with Gasteiger partial charge in [-0.2, -0.15) is 33.4 Å². The van der Waals surface area contributed by atoms with Crippen LogP contribution in [-0.4, -0.2) is 129 Å². The second-order valence-corrected chi connectivity index (χ2v) is 24.4. The van der Waals surface area contributed by atoms with Gasteiger partial charge in [0.05, 0.1) is 91.0 Å². The summed E-state index contributed by atoms with van der Waals surface area (Å²) in [6.07, 6.45) is 4.13. The minimum absolute atomic E-state index is 0.0184. The molecule has 0 atom stereocenters. The van der Waals surface area contributed by atoms with E-state index in [4.69, 9.17) is 28.4 Å². The minimum Gasteiger partial charge on any atom is -0.497 e. The summed E-state index contributed by atoms with van der Waals surface area (Å²) < 4.78 is 72.0. The second kappa shape index (κ2) is 34.3. The third-order valence-electron chi connectivity index (χ3n) is 17.3. The van der Waals surface area contributed by atoms with Gasteiger partial charge in [0.1, 0.15) is 58.5 Å². The Kier molecular flexibility index (Phi) is 24.5. The van der Waals surface area contributed by atoms with Crippen LogP contribution in [0.25, 0.3) is 0 Å². The van der Waals surface area contributed by atoms with Gasteiger partial charge >= 0.3 is 24.3 Å². The van der Waals surface area contributed by atoms with E-state index in [1.807, 2.05) is 55.5 Å². The lowest BCUT2D eigenvalue weighted by Crippen LogP contribution is -2.48. The van der Waals surface area contributed by atoms with Gasteiger partial charge in [-0.05, 0) is 71.7 Å².